The maximum atomic E-state index is 13.2. The van der Waals surface area contributed by atoms with Crippen molar-refractivity contribution in [2.75, 3.05) is 38.3 Å². The first-order chi connectivity index (χ1) is 13.7. The molecule has 4 rings (SSSR count). The molecule has 1 aliphatic rings. The summed E-state index contributed by atoms with van der Waals surface area (Å²) in [5.74, 6) is 0.819. The van der Waals surface area contributed by atoms with Crippen molar-refractivity contribution in [1.82, 2.24) is 14.9 Å². The van der Waals surface area contributed by atoms with E-state index < -0.39 is 0 Å². The number of anilines is 1. The van der Waals surface area contributed by atoms with Crippen LogP contribution in [0.4, 0.5) is 5.82 Å². The van der Waals surface area contributed by atoms with Gasteiger partial charge in [0, 0.05) is 30.9 Å². The average molecular weight is 397 g/mol. The van der Waals surface area contributed by atoms with Gasteiger partial charge in [-0.05, 0) is 18.6 Å². The molecule has 1 fully saturated rings. The van der Waals surface area contributed by atoms with E-state index in [1.165, 1.54) is 0 Å². The Morgan fingerprint density at radius 3 is 2.79 bits per heavy atom. The lowest BCUT2D eigenvalue weighted by Crippen LogP contribution is -2.40. The summed E-state index contributed by atoms with van der Waals surface area (Å²) in [5.41, 5.74) is 2.55. The number of aromatic nitrogens is 2. The summed E-state index contributed by atoms with van der Waals surface area (Å²) >= 11 is 1.69. The number of hydrogen-bond acceptors (Lipinski definition) is 6. The van der Waals surface area contributed by atoms with Crippen molar-refractivity contribution >= 4 is 34.0 Å². The lowest BCUT2D eigenvalue weighted by atomic mass is 10.1. The molecule has 0 radical (unpaired) electrons. The van der Waals surface area contributed by atoms with E-state index in [0.29, 0.717) is 38.4 Å². The molecule has 2 aromatic heterocycles. The molecule has 0 saturated carbocycles. The summed E-state index contributed by atoms with van der Waals surface area (Å²) < 4.78 is 5.39. The Morgan fingerprint density at radius 1 is 1.25 bits per heavy atom. The van der Waals surface area contributed by atoms with Crippen LogP contribution in [0.1, 0.15) is 28.0 Å². The van der Waals surface area contributed by atoms with Gasteiger partial charge in [-0.1, -0.05) is 25.1 Å². The molecule has 28 heavy (non-hydrogen) atoms. The first kappa shape index (κ1) is 18.8. The minimum absolute atomic E-state index is 0.0403. The molecule has 3 aromatic rings. The van der Waals surface area contributed by atoms with E-state index in [1.54, 1.807) is 11.3 Å². The molecule has 1 aliphatic heterocycles. The maximum Gasteiger partial charge on any atom is 0.254 e. The fraction of sp³-hybridized carbons (Fsp3) is 0.381. The van der Waals surface area contributed by atoms with E-state index in [-0.39, 0.29) is 5.91 Å². The minimum Gasteiger partial charge on any atom is -0.378 e. The van der Waals surface area contributed by atoms with Crippen molar-refractivity contribution in [1.29, 1.82) is 0 Å². The second kappa shape index (κ2) is 8.24. The topological polar surface area (TPSA) is 58.6 Å². The molecule has 1 amide bonds. The number of amides is 1. The minimum atomic E-state index is 0.0403. The molecule has 3 heterocycles. The van der Waals surface area contributed by atoms with Gasteiger partial charge in [0.1, 0.15) is 5.82 Å². The molecule has 6 nitrogen and oxygen atoms in total. The van der Waals surface area contributed by atoms with Crippen molar-refractivity contribution in [2.24, 2.45) is 0 Å². The average Bonchev–Trinajstić information content (AvgIpc) is 3.20. The van der Waals surface area contributed by atoms with Gasteiger partial charge in [0.25, 0.3) is 5.91 Å². The maximum absolute atomic E-state index is 13.2. The van der Waals surface area contributed by atoms with Gasteiger partial charge in [-0.25, -0.2) is 9.97 Å². The van der Waals surface area contributed by atoms with Crippen LogP contribution in [0.15, 0.2) is 35.7 Å². The zero-order valence-corrected chi connectivity index (χ0v) is 17.0. The number of hydrogen-bond donors (Lipinski definition) is 0. The Labute approximate surface area is 168 Å². The third-order valence-electron chi connectivity index (χ3n) is 4.92. The number of morpholine rings is 1. The zero-order valence-electron chi connectivity index (χ0n) is 16.2. The third kappa shape index (κ3) is 3.86. The van der Waals surface area contributed by atoms with Gasteiger partial charge in [-0.15, -0.1) is 11.3 Å². The Balaban J connectivity index is 1.67. The normalized spacial score (nSPS) is 14.4. The van der Waals surface area contributed by atoms with E-state index in [1.807, 2.05) is 42.3 Å². The molecular weight excluding hydrogens is 372 g/mol. The van der Waals surface area contributed by atoms with Crippen LogP contribution >= 0.6 is 11.3 Å². The quantitative estimate of drug-likeness (QED) is 0.662. The summed E-state index contributed by atoms with van der Waals surface area (Å²) in [5, 5.41) is 4.12. The summed E-state index contributed by atoms with van der Waals surface area (Å²) in [4.78, 5) is 26.6. The fourth-order valence-corrected chi connectivity index (χ4v) is 4.11. The number of thiazole rings is 1. The summed E-state index contributed by atoms with van der Waals surface area (Å²) in [7, 11) is 1.99. The second-order valence-electron chi connectivity index (χ2n) is 6.89. The molecule has 146 valence electrons. The number of carbonyl (C=O) groups excluding carboxylic acids is 1. The van der Waals surface area contributed by atoms with Gasteiger partial charge < -0.3 is 14.5 Å². The number of aryl methyl sites for hydroxylation is 1. The SMILES string of the molecule is CCc1nc(CN(C)c2cc(C(=O)N3CCOCC3)c3ccccc3n2)cs1. The molecule has 0 spiro atoms. The predicted molar refractivity (Wildman–Crippen MR) is 112 cm³/mol. The van der Waals surface area contributed by atoms with E-state index in [0.717, 1.165) is 33.8 Å². The molecule has 1 saturated heterocycles. The van der Waals surface area contributed by atoms with Crippen LogP contribution in [0.3, 0.4) is 0 Å². The molecular formula is C21H24N4O2S. The van der Waals surface area contributed by atoms with E-state index in [4.69, 9.17) is 9.72 Å². The lowest BCUT2D eigenvalue weighted by Gasteiger charge is -2.28. The van der Waals surface area contributed by atoms with Crippen molar-refractivity contribution in [3.05, 3.63) is 52.0 Å². The van der Waals surface area contributed by atoms with Crippen molar-refractivity contribution < 1.29 is 9.53 Å². The third-order valence-corrected chi connectivity index (χ3v) is 5.97. The van der Waals surface area contributed by atoms with Crippen molar-refractivity contribution in [3.8, 4) is 0 Å². The molecule has 0 N–H and O–H groups in total. The Hall–Kier alpha value is -2.51. The molecule has 1 aromatic carbocycles. The highest BCUT2D eigenvalue weighted by atomic mass is 32.1. The number of pyridine rings is 1. The summed E-state index contributed by atoms with van der Waals surface area (Å²) in [6, 6.07) is 9.74. The van der Waals surface area contributed by atoms with Crippen LogP contribution in [0.2, 0.25) is 0 Å². The van der Waals surface area contributed by atoms with Gasteiger partial charge in [-0.2, -0.15) is 0 Å². The van der Waals surface area contributed by atoms with Crippen LogP contribution < -0.4 is 4.90 Å². The van der Waals surface area contributed by atoms with Gasteiger partial charge in [0.2, 0.25) is 0 Å². The first-order valence-electron chi connectivity index (χ1n) is 9.57. The smallest absolute Gasteiger partial charge is 0.254 e. The molecule has 0 aliphatic carbocycles. The number of carbonyl (C=O) groups is 1. The van der Waals surface area contributed by atoms with Gasteiger partial charge in [0.05, 0.1) is 41.5 Å². The van der Waals surface area contributed by atoms with Gasteiger partial charge >= 0.3 is 0 Å². The van der Waals surface area contributed by atoms with Crippen LogP contribution in [-0.4, -0.2) is 54.1 Å². The Kier molecular flexibility index (Phi) is 5.54. The number of rotatable bonds is 5. The van der Waals surface area contributed by atoms with Crippen LogP contribution in [-0.2, 0) is 17.7 Å². The van der Waals surface area contributed by atoms with E-state index >= 15 is 0 Å². The predicted octanol–water partition coefficient (Wildman–Crippen LogP) is 3.36. The summed E-state index contributed by atoms with van der Waals surface area (Å²) in [6.07, 6.45) is 0.945. The van der Waals surface area contributed by atoms with E-state index in [2.05, 4.69) is 22.2 Å². The zero-order chi connectivity index (χ0) is 19.5. The van der Waals surface area contributed by atoms with Crippen LogP contribution in [0.25, 0.3) is 10.9 Å². The van der Waals surface area contributed by atoms with E-state index in [9.17, 15) is 4.79 Å². The lowest BCUT2D eigenvalue weighted by molar-refractivity contribution is 0.0304. The monoisotopic (exact) mass is 396 g/mol. The Bertz CT molecular complexity index is 981. The van der Waals surface area contributed by atoms with Crippen molar-refractivity contribution in [2.45, 2.75) is 19.9 Å². The van der Waals surface area contributed by atoms with Gasteiger partial charge in [-0.3, -0.25) is 4.79 Å². The number of nitrogens with zero attached hydrogens (tertiary/aromatic N) is 4. The molecule has 7 heteroatoms. The highest BCUT2D eigenvalue weighted by molar-refractivity contribution is 7.09. The first-order valence-corrected chi connectivity index (χ1v) is 10.4. The second-order valence-corrected chi connectivity index (χ2v) is 7.83. The number of benzene rings is 1. The molecule has 0 bridgehead atoms. The molecule has 0 unspecified atom stereocenters. The van der Waals surface area contributed by atoms with Crippen LogP contribution in [0.5, 0.6) is 0 Å². The summed E-state index contributed by atoms with van der Waals surface area (Å²) in [6.45, 7) is 5.20. The van der Waals surface area contributed by atoms with Gasteiger partial charge in [0.15, 0.2) is 0 Å². The van der Waals surface area contributed by atoms with Crippen molar-refractivity contribution in [3.63, 3.8) is 0 Å². The fourth-order valence-electron chi connectivity index (χ4n) is 3.38. The largest absolute Gasteiger partial charge is 0.378 e. The standard InChI is InChI=1S/C21H24N4O2S/c1-3-20-22-15(14-28-20)13-24(2)19-12-17(16-6-4-5-7-18(16)23-19)21(26)25-8-10-27-11-9-25/h4-7,12,14H,3,8-11,13H2,1-2H3. The number of fused-ring (bicyclic) bond motifs is 1. The molecule has 0 atom stereocenters. The highest BCUT2D eigenvalue weighted by Gasteiger charge is 2.22. The number of para-hydroxylation sites is 1. The van der Waals surface area contributed by atoms with Crippen LogP contribution in [0, 0.1) is 0 Å². The highest BCUT2D eigenvalue weighted by Crippen LogP contribution is 2.25. The number of ether oxygens (including phenoxy) is 1. The Morgan fingerprint density at radius 2 is 2.04 bits per heavy atom.